The molecule has 0 spiro atoms. The van der Waals surface area contributed by atoms with Gasteiger partial charge < -0.3 is 0 Å². The molecule has 21 heavy (non-hydrogen) atoms. The van der Waals surface area contributed by atoms with Crippen molar-refractivity contribution in [1.29, 1.82) is 0 Å². The standard InChI is InChI=1S/C21H22/c1-3-5-17-7-9-18(10-8-17)20-13-12-19-14-16(4-2)6-11-21(19)15-20/h3-11,14,20H,2,12-13,15H2,1H3/b5-3+. The van der Waals surface area contributed by atoms with Crippen LogP contribution in [0.2, 0.25) is 0 Å². The van der Waals surface area contributed by atoms with E-state index < -0.39 is 0 Å². The lowest BCUT2D eigenvalue weighted by molar-refractivity contribution is 0.585. The maximum atomic E-state index is 3.86. The van der Waals surface area contributed by atoms with Crippen LogP contribution in [0.1, 0.15) is 47.1 Å². The van der Waals surface area contributed by atoms with Gasteiger partial charge in [-0.3, -0.25) is 0 Å². The number of allylic oxidation sites excluding steroid dienone is 1. The predicted molar refractivity (Wildman–Crippen MR) is 92.4 cm³/mol. The molecule has 3 rings (SSSR count). The summed E-state index contributed by atoms with van der Waals surface area (Å²) < 4.78 is 0. The van der Waals surface area contributed by atoms with Gasteiger partial charge in [0.2, 0.25) is 0 Å². The van der Waals surface area contributed by atoms with Gasteiger partial charge >= 0.3 is 0 Å². The highest BCUT2D eigenvalue weighted by molar-refractivity contribution is 5.52. The number of benzene rings is 2. The highest BCUT2D eigenvalue weighted by atomic mass is 14.2. The van der Waals surface area contributed by atoms with E-state index in [1.807, 2.05) is 6.08 Å². The predicted octanol–water partition coefficient (Wildman–Crippen LogP) is 5.64. The van der Waals surface area contributed by atoms with E-state index in [0.29, 0.717) is 5.92 Å². The molecule has 0 saturated heterocycles. The molecular weight excluding hydrogens is 252 g/mol. The molecule has 1 aliphatic carbocycles. The Morgan fingerprint density at radius 2 is 1.76 bits per heavy atom. The van der Waals surface area contributed by atoms with Crippen molar-refractivity contribution in [2.24, 2.45) is 0 Å². The highest BCUT2D eigenvalue weighted by Crippen LogP contribution is 2.33. The summed E-state index contributed by atoms with van der Waals surface area (Å²) in [5, 5.41) is 0. The van der Waals surface area contributed by atoms with Crippen molar-refractivity contribution in [3.63, 3.8) is 0 Å². The third kappa shape index (κ3) is 3.00. The van der Waals surface area contributed by atoms with E-state index >= 15 is 0 Å². The van der Waals surface area contributed by atoms with Crippen LogP contribution in [-0.2, 0) is 12.8 Å². The minimum absolute atomic E-state index is 0.659. The van der Waals surface area contributed by atoms with E-state index in [0.717, 1.165) is 6.42 Å². The molecule has 0 heteroatoms. The molecule has 2 aromatic carbocycles. The van der Waals surface area contributed by atoms with E-state index in [2.05, 4.69) is 68.1 Å². The highest BCUT2D eigenvalue weighted by Gasteiger charge is 2.19. The van der Waals surface area contributed by atoms with E-state index in [4.69, 9.17) is 0 Å². The molecule has 0 bridgehead atoms. The van der Waals surface area contributed by atoms with E-state index in [1.54, 1.807) is 0 Å². The number of aryl methyl sites for hydroxylation is 1. The molecule has 0 amide bonds. The summed E-state index contributed by atoms with van der Waals surface area (Å²) in [5.41, 5.74) is 7.02. The van der Waals surface area contributed by atoms with Crippen molar-refractivity contribution >= 4 is 12.2 Å². The summed E-state index contributed by atoms with van der Waals surface area (Å²) in [6, 6.07) is 15.8. The maximum Gasteiger partial charge on any atom is -0.0118 e. The summed E-state index contributed by atoms with van der Waals surface area (Å²) in [4.78, 5) is 0. The fraction of sp³-hybridized carbons (Fsp3) is 0.238. The van der Waals surface area contributed by atoms with Crippen LogP contribution in [0.5, 0.6) is 0 Å². The average Bonchev–Trinajstić information content (AvgIpc) is 2.55. The van der Waals surface area contributed by atoms with Gasteiger partial charge in [0.05, 0.1) is 0 Å². The Kier molecular flexibility index (Phi) is 4.06. The monoisotopic (exact) mass is 274 g/mol. The van der Waals surface area contributed by atoms with E-state index in [9.17, 15) is 0 Å². The van der Waals surface area contributed by atoms with Gasteiger partial charge in [-0.15, -0.1) is 0 Å². The number of hydrogen-bond acceptors (Lipinski definition) is 0. The SMILES string of the molecule is C=Cc1ccc2c(c1)CCC(c1ccc(/C=C/C)cc1)C2. The van der Waals surface area contributed by atoms with Crippen LogP contribution < -0.4 is 0 Å². The Morgan fingerprint density at radius 3 is 2.48 bits per heavy atom. The van der Waals surface area contributed by atoms with Gasteiger partial charge in [-0.1, -0.05) is 67.3 Å². The number of fused-ring (bicyclic) bond motifs is 1. The summed E-state index contributed by atoms with van der Waals surface area (Å²) >= 11 is 0. The first-order valence-electron chi connectivity index (χ1n) is 7.77. The minimum atomic E-state index is 0.659. The fourth-order valence-corrected chi connectivity index (χ4v) is 3.26. The van der Waals surface area contributed by atoms with Crippen molar-refractivity contribution in [3.8, 4) is 0 Å². The third-order valence-corrected chi connectivity index (χ3v) is 4.46. The Bertz CT molecular complexity index is 659. The first-order chi connectivity index (χ1) is 10.3. The Balaban J connectivity index is 1.80. The molecule has 0 fully saturated rings. The quantitative estimate of drug-likeness (QED) is 0.680. The second-order valence-electron chi connectivity index (χ2n) is 5.84. The molecule has 0 aliphatic heterocycles. The van der Waals surface area contributed by atoms with Gasteiger partial charge in [0.1, 0.15) is 0 Å². The van der Waals surface area contributed by atoms with Gasteiger partial charge in [0.15, 0.2) is 0 Å². The second-order valence-corrected chi connectivity index (χ2v) is 5.84. The minimum Gasteiger partial charge on any atom is -0.0985 e. The second kappa shape index (κ2) is 6.13. The Hall–Kier alpha value is -2.08. The van der Waals surface area contributed by atoms with Crippen LogP contribution >= 0.6 is 0 Å². The van der Waals surface area contributed by atoms with Crippen molar-refractivity contribution < 1.29 is 0 Å². The van der Waals surface area contributed by atoms with Crippen LogP contribution in [0.15, 0.2) is 55.1 Å². The molecule has 106 valence electrons. The van der Waals surface area contributed by atoms with Crippen LogP contribution in [0, 0.1) is 0 Å². The zero-order chi connectivity index (χ0) is 14.7. The van der Waals surface area contributed by atoms with Crippen LogP contribution in [0.4, 0.5) is 0 Å². The van der Waals surface area contributed by atoms with Crippen molar-refractivity contribution in [2.75, 3.05) is 0 Å². The summed E-state index contributed by atoms with van der Waals surface area (Å²) in [7, 11) is 0. The van der Waals surface area contributed by atoms with Crippen molar-refractivity contribution in [3.05, 3.63) is 82.9 Å². The van der Waals surface area contributed by atoms with Crippen molar-refractivity contribution in [1.82, 2.24) is 0 Å². The molecule has 1 aliphatic rings. The molecule has 0 radical (unpaired) electrons. The molecular formula is C21H22. The van der Waals surface area contributed by atoms with Crippen LogP contribution in [-0.4, -0.2) is 0 Å². The summed E-state index contributed by atoms with van der Waals surface area (Å²) in [6.07, 6.45) is 9.76. The molecule has 1 atom stereocenters. The Morgan fingerprint density at radius 1 is 1.00 bits per heavy atom. The van der Waals surface area contributed by atoms with Crippen molar-refractivity contribution in [2.45, 2.75) is 32.1 Å². The van der Waals surface area contributed by atoms with Gasteiger partial charge in [-0.2, -0.15) is 0 Å². The first kappa shape index (κ1) is 13.9. The van der Waals surface area contributed by atoms with Gasteiger partial charge in [-0.25, -0.2) is 0 Å². The molecule has 0 N–H and O–H groups in total. The lowest BCUT2D eigenvalue weighted by Gasteiger charge is -2.25. The number of hydrogen-bond donors (Lipinski definition) is 0. The van der Waals surface area contributed by atoms with Crippen LogP contribution in [0.3, 0.4) is 0 Å². The molecule has 0 saturated carbocycles. The molecule has 1 unspecified atom stereocenters. The van der Waals surface area contributed by atoms with E-state index in [-0.39, 0.29) is 0 Å². The lowest BCUT2D eigenvalue weighted by atomic mass is 9.79. The Labute approximate surface area is 127 Å². The number of rotatable bonds is 3. The van der Waals surface area contributed by atoms with Gasteiger partial charge in [0, 0.05) is 0 Å². The van der Waals surface area contributed by atoms with Gasteiger partial charge in [0.25, 0.3) is 0 Å². The topological polar surface area (TPSA) is 0 Å². The van der Waals surface area contributed by atoms with E-state index in [1.165, 1.54) is 40.7 Å². The zero-order valence-electron chi connectivity index (χ0n) is 12.7. The summed E-state index contributed by atoms with van der Waals surface area (Å²) in [6.45, 7) is 5.92. The fourth-order valence-electron chi connectivity index (χ4n) is 3.26. The lowest BCUT2D eigenvalue weighted by Crippen LogP contribution is -2.12. The van der Waals surface area contributed by atoms with Crippen LogP contribution in [0.25, 0.3) is 12.2 Å². The first-order valence-corrected chi connectivity index (χ1v) is 7.77. The molecule has 0 heterocycles. The smallest absolute Gasteiger partial charge is 0.0118 e. The third-order valence-electron chi connectivity index (χ3n) is 4.46. The zero-order valence-corrected chi connectivity index (χ0v) is 12.7. The maximum absolute atomic E-state index is 3.86. The molecule has 2 aromatic rings. The average molecular weight is 274 g/mol. The molecule has 0 nitrogen and oxygen atoms in total. The summed E-state index contributed by atoms with van der Waals surface area (Å²) in [5.74, 6) is 0.659. The van der Waals surface area contributed by atoms with Gasteiger partial charge in [-0.05, 0) is 59.9 Å². The molecule has 0 aromatic heterocycles. The largest absolute Gasteiger partial charge is 0.0985 e. The normalized spacial score (nSPS) is 17.7.